The van der Waals surface area contributed by atoms with E-state index in [9.17, 15) is 0 Å². The molecular weight excluding hydrogens is 319 g/mol. The molecule has 0 atom stereocenters. The lowest BCUT2D eigenvalue weighted by Gasteiger charge is -2.22. The quantitative estimate of drug-likeness (QED) is 0.701. The Morgan fingerprint density at radius 3 is 3.00 bits per heavy atom. The Bertz CT molecular complexity index is 846. The van der Waals surface area contributed by atoms with E-state index in [1.165, 1.54) is 0 Å². The number of hydrogen-bond donors (Lipinski definition) is 2. The molecule has 0 saturated carbocycles. The molecule has 1 aliphatic heterocycles. The number of fused-ring (bicyclic) bond motifs is 1. The van der Waals surface area contributed by atoms with E-state index in [2.05, 4.69) is 44.1 Å². The molecule has 7 heteroatoms. The average molecular weight is 340 g/mol. The van der Waals surface area contributed by atoms with Crippen molar-refractivity contribution >= 4 is 25.5 Å². The van der Waals surface area contributed by atoms with Crippen LogP contribution in [0.5, 0.6) is 0 Å². The highest BCUT2D eigenvalue weighted by molar-refractivity contribution is 7.36. The van der Waals surface area contributed by atoms with Crippen LogP contribution in [0.3, 0.4) is 0 Å². The van der Waals surface area contributed by atoms with E-state index >= 15 is 0 Å². The van der Waals surface area contributed by atoms with Crippen LogP contribution in [0.25, 0.3) is 22.2 Å². The van der Waals surface area contributed by atoms with Gasteiger partial charge in [0.1, 0.15) is 0 Å². The van der Waals surface area contributed by atoms with E-state index in [4.69, 9.17) is 0 Å². The Kier molecular flexibility index (Phi) is 4.32. The lowest BCUT2D eigenvalue weighted by molar-refractivity contribution is 0.343. The lowest BCUT2D eigenvalue weighted by Crippen LogP contribution is -2.29. The SMILES string of the molecule is C=PCNn1ccc2ncc(-c3cnn(C4CCNCC4)c3)cc21. The number of rotatable bonds is 5. The largest absolute Gasteiger partial charge is 0.318 e. The lowest BCUT2D eigenvalue weighted by atomic mass is 10.1. The maximum absolute atomic E-state index is 4.59. The molecule has 1 saturated heterocycles. The van der Waals surface area contributed by atoms with E-state index in [0.29, 0.717) is 6.04 Å². The molecule has 3 aromatic heterocycles. The third kappa shape index (κ3) is 2.95. The molecule has 0 bridgehead atoms. The van der Waals surface area contributed by atoms with E-state index in [-0.39, 0.29) is 0 Å². The van der Waals surface area contributed by atoms with E-state index < -0.39 is 0 Å². The molecule has 24 heavy (non-hydrogen) atoms. The second-order valence-electron chi connectivity index (χ2n) is 6.04. The molecule has 1 fully saturated rings. The van der Waals surface area contributed by atoms with Crippen molar-refractivity contribution in [3.05, 3.63) is 36.9 Å². The van der Waals surface area contributed by atoms with Gasteiger partial charge in [-0.3, -0.25) is 14.3 Å². The number of nitrogens with one attached hydrogen (secondary N) is 2. The number of piperidine rings is 1. The van der Waals surface area contributed by atoms with Crippen LogP contribution >= 0.6 is 8.20 Å². The summed E-state index contributed by atoms with van der Waals surface area (Å²) >= 11 is 0. The number of pyridine rings is 1. The monoisotopic (exact) mass is 340 g/mol. The van der Waals surface area contributed by atoms with Gasteiger partial charge in [0.2, 0.25) is 0 Å². The molecule has 2 N–H and O–H groups in total. The van der Waals surface area contributed by atoms with Gasteiger partial charge in [-0.05, 0) is 38.1 Å². The van der Waals surface area contributed by atoms with Crippen LogP contribution in [-0.2, 0) is 0 Å². The molecule has 1 aliphatic rings. The molecule has 0 radical (unpaired) electrons. The second-order valence-corrected chi connectivity index (χ2v) is 6.81. The maximum atomic E-state index is 4.59. The van der Waals surface area contributed by atoms with Crippen LogP contribution < -0.4 is 10.7 Å². The minimum absolute atomic E-state index is 0.498. The minimum Gasteiger partial charge on any atom is -0.318 e. The Balaban J connectivity index is 1.63. The summed E-state index contributed by atoms with van der Waals surface area (Å²) in [5, 5.41) is 7.98. The van der Waals surface area contributed by atoms with Crippen LogP contribution in [0, 0.1) is 0 Å². The number of nitrogens with zero attached hydrogens (tertiary/aromatic N) is 4. The predicted molar refractivity (Wildman–Crippen MR) is 100 cm³/mol. The minimum atomic E-state index is 0.498. The van der Waals surface area contributed by atoms with Crippen LogP contribution in [0.15, 0.2) is 36.9 Å². The topological polar surface area (TPSA) is 59.7 Å². The predicted octanol–water partition coefficient (Wildman–Crippen LogP) is 2.70. The van der Waals surface area contributed by atoms with E-state index in [0.717, 1.165) is 62.6 Å². The summed E-state index contributed by atoms with van der Waals surface area (Å²) in [7, 11) is 1.06. The van der Waals surface area contributed by atoms with Crippen LogP contribution in [-0.4, -0.2) is 45.1 Å². The molecule has 6 nitrogen and oxygen atoms in total. The second kappa shape index (κ2) is 6.75. The molecule has 0 spiro atoms. The standard InChI is InChI=1S/C17H21N6P/c1-24-12-21-22-7-4-16-17(22)8-13(9-19-16)14-10-20-23(11-14)15-2-5-18-6-3-15/h4,7-11,15,18,21H,1-3,5-6,12H2. The summed E-state index contributed by atoms with van der Waals surface area (Å²) in [6.45, 7) is 2.14. The zero-order valence-corrected chi connectivity index (χ0v) is 14.4. The molecule has 4 heterocycles. The molecule has 0 aromatic carbocycles. The zero-order valence-electron chi connectivity index (χ0n) is 13.5. The maximum Gasteiger partial charge on any atom is 0.0901 e. The summed E-state index contributed by atoms with van der Waals surface area (Å²) < 4.78 is 4.13. The van der Waals surface area contributed by atoms with E-state index in [1.807, 2.05) is 29.3 Å². The van der Waals surface area contributed by atoms with Crippen molar-refractivity contribution in [2.45, 2.75) is 18.9 Å². The number of aromatic nitrogens is 4. The fourth-order valence-electron chi connectivity index (χ4n) is 3.19. The summed E-state index contributed by atoms with van der Waals surface area (Å²) in [4.78, 5) is 4.58. The van der Waals surface area contributed by atoms with Gasteiger partial charge in [-0.2, -0.15) is 5.10 Å². The highest BCUT2D eigenvalue weighted by Crippen LogP contribution is 2.25. The van der Waals surface area contributed by atoms with Gasteiger partial charge in [0.25, 0.3) is 0 Å². The van der Waals surface area contributed by atoms with Crippen molar-refractivity contribution in [1.29, 1.82) is 0 Å². The highest BCUT2D eigenvalue weighted by Gasteiger charge is 2.16. The van der Waals surface area contributed by atoms with Gasteiger partial charge in [-0.15, -0.1) is 0 Å². The first kappa shape index (κ1) is 15.4. The van der Waals surface area contributed by atoms with Crippen molar-refractivity contribution in [3.8, 4) is 11.1 Å². The summed E-state index contributed by atoms with van der Waals surface area (Å²) in [5.74, 6) is 0. The van der Waals surface area contributed by atoms with Crippen molar-refractivity contribution in [1.82, 2.24) is 24.8 Å². The van der Waals surface area contributed by atoms with Gasteiger partial charge in [0.05, 0.1) is 29.6 Å². The first-order chi connectivity index (χ1) is 11.8. The van der Waals surface area contributed by atoms with Gasteiger partial charge < -0.3 is 10.7 Å². The fraction of sp³-hybridized carbons (Fsp3) is 0.353. The molecule has 4 rings (SSSR count). The number of hydrogen-bond acceptors (Lipinski definition) is 4. The first-order valence-electron chi connectivity index (χ1n) is 8.24. The smallest absolute Gasteiger partial charge is 0.0901 e. The van der Waals surface area contributed by atoms with Gasteiger partial charge in [-0.1, -0.05) is 14.5 Å². The average Bonchev–Trinajstić information content (AvgIpc) is 3.27. The summed E-state index contributed by atoms with van der Waals surface area (Å²) in [5.41, 5.74) is 7.60. The Morgan fingerprint density at radius 2 is 2.17 bits per heavy atom. The summed E-state index contributed by atoms with van der Waals surface area (Å²) in [6.07, 6.45) is 14.9. The molecule has 124 valence electrons. The Morgan fingerprint density at radius 1 is 1.29 bits per heavy atom. The van der Waals surface area contributed by atoms with Crippen molar-refractivity contribution in [2.75, 3.05) is 24.8 Å². The molecular formula is C17H21N6P. The summed E-state index contributed by atoms with van der Waals surface area (Å²) in [6, 6.07) is 4.68. The molecule has 3 aromatic rings. The molecule has 0 aliphatic carbocycles. The first-order valence-corrected chi connectivity index (χ1v) is 9.50. The van der Waals surface area contributed by atoms with Crippen LogP contribution in [0.4, 0.5) is 0 Å². The van der Waals surface area contributed by atoms with E-state index in [1.54, 1.807) is 0 Å². The molecule has 0 amide bonds. The van der Waals surface area contributed by atoms with Gasteiger partial charge in [0, 0.05) is 29.7 Å². The zero-order chi connectivity index (χ0) is 16.4. The normalized spacial score (nSPS) is 16.0. The van der Waals surface area contributed by atoms with Gasteiger partial charge >= 0.3 is 0 Å². The van der Waals surface area contributed by atoms with Crippen molar-refractivity contribution in [2.24, 2.45) is 0 Å². The van der Waals surface area contributed by atoms with Crippen LogP contribution in [0.1, 0.15) is 18.9 Å². The van der Waals surface area contributed by atoms with Crippen LogP contribution in [0.2, 0.25) is 0 Å². The third-order valence-electron chi connectivity index (χ3n) is 4.51. The van der Waals surface area contributed by atoms with Crippen molar-refractivity contribution < 1.29 is 0 Å². The van der Waals surface area contributed by atoms with Crippen molar-refractivity contribution in [3.63, 3.8) is 0 Å². The van der Waals surface area contributed by atoms with Gasteiger partial charge in [0.15, 0.2) is 0 Å². The third-order valence-corrected chi connectivity index (χ3v) is 4.87. The Labute approximate surface area is 142 Å². The van der Waals surface area contributed by atoms with Gasteiger partial charge in [-0.25, -0.2) is 0 Å². The Hall–Kier alpha value is -2.17. The fourth-order valence-corrected chi connectivity index (χ4v) is 3.44. The molecule has 0 unspecified atom stereocenters. The highest BCUT2D eigenvalue weighted by atomic mass is 31.1.